The van der Waals surface area contributed by atoms with E-state index in [9.17, 15) is 23.2 Å². The van der Waals surface area contributed by atoms with Crippen LogP contribution in [0.15, 0.2) is 36.4 Å². The number of benzene rings is 2. The third kappa shape index (κ3) is 4.83. The summed E-state index contributed by atoms with van der Waals surface area (Å²) < 4.78 is 27.1. The summed E-state index contributed by atoms with van der Waals surface area (Å²) in [5.74, 6) is -3.83. The molecule has 0 aromatic heterocycles. The van der Waals surface area contributed by atoms with Gasteiger partial charge in [0.2, 0.25) is 11.8 Å². The molecule has 0 bridgehead atoms. The molecule has 2 aromatic rings. The highest BCUT2D eigenvalue weighted by Gasteiger charge is 2.36. The van der Waals surface area contributed by atoms with Crippen LogP contribution in [0.3, 0.4) is 0 Å². The van der Waals surface area contributed by atoms with Gasteiger partial charge in [-0.3, -0.25) is 14.4 Å². The zero-order chi connectivity index (χ0) is 21.1. The van der Waals surface area contributed by atoms with Crippen LogP contribution in [0, 0.1) is 11.6 Å². The van der Waals surface area contributed by atoms with Gasteiger partial charge in [-0.1, -0.05) is 23.2 Å². The smallest absolute Gasteiger partial charge is 0.257 e. The SMILES string of the molecule is O=C(CC1C(=O)NCCN1C(=O)c1ccc(F)cc1F)Nc1cc(Cl)ccc1Cl. The summed E-state index contributed by atoms with van der Waals surface area (Å²) in [6, 6.07) is 5.86. The van der Waals surface area contributed by atoms with Gasteiger partial charge >= 0.3 is 0 Å². The van der Waals surface area contributed by atoms with Crippen molar-refractivity contribution in [2.45, 2.75) is 12.5 Å². The van der Waals surface area contributed by atoms with Gasteiger partial charge in [0.25, 0.3) is 5.91 Å². The number of hydrogen-bond acceptors (Lipinski definition) is 3. The fraction of sp³-hybridized carbons (Fsp3) is 0.211. The van der Waals surface area contributed by atoms with E-state index in [1.165, 1.54) is 12.1 Å². The predicted octanol–water partition coefficient (Wildman–Crippen LogP) is 3.24. The van der Waals surface area contributed by atoms with Gasteiger partial charge in [0, 0.05) is 24.2 Å². The Morgan fingerprint density at radius 3 is 2.66 bits per heavy atom. The van der Waals surface area contributed by atoms with Gasteiger partial charge in [0.05, 0.1) is 22.7 Å². The zero-order valence-corrected chi connectivity index (χ0v) is 16.4. The number of piperazine rings is 1. The monoisotopic (exact) mass is 441 g/mol. The largest absolute Gasteiger partial charge is 0.353 e. The first-order valence-corrected chi connectivity index (χ1v) is 9.30. The Kier molecular flexibility index (Phi) is 6.34. The van der Waals surface area contributed by atoms with Crippen LogP contribution < -0.4 is 10.6 Å². The van der Waals surface area contributed by atoms with Crippen molar-refractivity contribution in [1.29, 1.82) is 0 Å². The normalized spacial score (nSPS) is 16.3. The molecule has 2 N–H and O–H groups in total. The Balaban J connectivity index is 1.79. The first-order chi connectivity index (χ1) is 13.8. The van der Waals surface area contributed by atoms with E-state index in [1.54, 1.807) is 6.07 Å². The first-order valence-electron chi connectivity index (χ1n) is 8.55. The highest BCUT2D eigenvalue weighted by Crippen LogP contribution is 2.26. The average Bonchev–Trinajstić information content (AvgIpc) is 2.66. The lowest BCUT2D eigenvalue weighted by molar-refractivity contribution is -0.131. The molecule has 0 radical (unpaired) electrons. The molecule has 0 spiro atoms. The summed E-state index contributed by atoms with van der Waals surface area (Å²) >= 11 is 11.9. The van der Waals surface area contributed by atoms with E-state index < -0.39 is 35.4 Å². The minimum absolute atomic E-state index is 0.0667. The van der Waals surface area contributed by atoms with Crippen molar-refractivity contribution in [2.75, 3.05) is 18.4 Å². The van der Waals surface area contributed by atoms with Crippen molar-refractivity contribution in [3.8, 4) is 0 Å². The molecule has 1 heterocycles. The summed E-state index contributed by atoms with van der Waals surface area (Å²) in [6.07, 6.45) is -0.386. The molecule has 29 heavy (non-hydrogen) atoms. The maximum atomic E-state index is 14.0. The van der Waals surface area contributed by atoms with Gasteiger partial charge < -0.3 is 15.5 Å². The van der Waals surface area contributed by atoms with Gasteiger partial charge in [-0.25, -0.2) is 8.78 Å². The molecule has 1 aliphatic rings. The predicted molar refractivity (Wildman–Crippen MR) is 104 cm³/mol. The molecule has 1 unspecified atom stereocenters. The van der Waals surface area contributed by atoms with Crippen LogP contribution >= 0.6 is 23.2 Å². The Labute approximate surface area is 174 Å². The molecule has 2 aromatic carbocycles. The van der Waals surface area contributed by atoms with Gasteiger partial charge in [-0.05, 0) is 30.3 Å². The van der Waals surface area contributed by atoms with Gasteiger partial charge in [0.15, 0.2) is 0 Å². The van der Waals surface area contributed by atoms with Crippen LogP contribution in [0.4, 0.5) is 14.5 Å². The van der Waals surface area contributed by atoms with Crippen molar-refractivity contribution in [3.63, 3.8) is 0 Å². The number of nitrogens with zero attached hydrogens (tertiary/aromatic N) is 1. The number of rotatable bonds is 4. The molecule has 10 heteroatoms. The number of carbonyl (C=O) groups excluding carboxylic acids is 3. The highest BCUT2D eigenvalue weighted by atomic mass is 35.5. The van der Waals surface area contributed by atoms with E-state index in [0.29, 0.717) is 11.1 Å². The van der Waals surface area contributed by atoms with E-state index in [4.69, 9.17) is 23.2 Å². The molecule has 152 valence electrons. The second-order valence-corrected chi connectivity index (χ2v) is 7.15. The lowest BCUT2D eigenvalue weighted by atomic mass is 10.1. The van der Waals surface area contributed by atoms with Crippen molar-refractivity contribution >= 4 is 46.6 Å². The van der Waals surface area contributed by atoms with E-state index in [1.807, 2.05) is 0 Å². The minimum Gasteiger partial charge on any atom is -0.353 e. The summed E-state index contributed by atoms with van der Waals surface area (Å²) in [5, 5.41) is 5.71. The zero-order valence-electron chi connectivity index (χ0n) is 14.8. The van der Waals surface area contributed by atoms with Crippen molar-refractivity contribution in [3.05, 3.63) is 63.6 Å². The molecule has 0 saturated carbocycles. The van der Waals surface area contributed by atoms with E-state index in [0.717, 1.165) is 17.0 Å². The first kappa shape index (κ1) is 21.0. The van der Waals surface area contributed by atoms with Crippen LogP contribution in [0.25, 0.3) is 0 Å². The molecule has 0 aliphatic carbocycles. The van der Waals surface area contributed by atoms with Crippen LogP contribution in [-0.2, 0) is 9.59 Å². The van der Waals surface area contributed by atoms with Crippen LogP contribution in [-0.4, -0.2) is 41.8 Å². The lowest BCUT2D eigenvalue weighted by Crippen LogP contribution is -2.58. The molecule has 1 atom stereocenters. The molecule has 1 saturated heterocycles. The molecular weight excluding hydrogens is 427 g/mol. The average molecular weight is 442 g/mol. The number of halogens is 4. The number of nitrogens with one attached hydrogen (secondary N) is 2. The summed E-state index contributed by atoms with van der Waals surface area (Å²) in [7, 11) is 0. The van der Waals surface area contributed by atoms with E-state index >= 15 is 0 Å². The summed E-state index contributed by atoms with van der Waals surface area (Å²) in [5.41, 5.74) is -0.132. The molecule has 3 rings (SSSR count). The van der Waals surface area contributed by atoms with E-state index in [-0.39, 0.29) is 35.8 Å². The van der Waals surface area contributed by atoms with Crippen molar-refractivity contribution in [1.82, 2.24) is 10.2 Å². The lowest BCUT2D eigenvalue weighted by Gasteiger charge is -2.34. The fourth-order valence-corrected chi connectivity index (χ4v) is 3.29. The molecule has 1 fully saturated rings. The Bertz CT molecular complexity index is 987. The van der Waals surface area contributed by atoms with Crippen LogP contribution in [0.2, 0.25) is 10.0 Å². The second kappa shape index (κ2) is 8.75. The molecule has 1 aliphatic heterocycles. The topological polar surface area (TPSA) is 78.5 Å². The quantitative estimate of drug-likeness (QED) is 0.764. The second-order valence-electron chi connectivity index (χ2n) is 6.31. The van der Waals surface area contributed by atoms with E-state index in [2.05, 4.69) is 10.6 Å². The van der Waals surface area contributed by atoms with Crippen LogP contribution in [0.1, 0.15) is 16.8 Å². The maximum absolute atomic E-state index is 14.0. The van der Waals surface area contributed by atoms with Crippen LogP contribution in [0.5, 0.6) is 0 Å². The maximum Gasteiger partial charge on any atom is 0.257 e. The Morgan fingerprint density at radius 1 is 1.17 bits per heavy atom. The number of amides is 3. The minimum atomic E-state index is -1.17. The summed E-state index contributed by atoms with van der Waals surface area (Å²) in [6.45, 7) is 0.211. The standard InChI is InChI=1S/C19H15Cl2F2N3O3/c20-10-1-4-13(21)15(7-10)25-17(27)9-16-18(28)24-5-6-26(16)19(29)12-3-2-11(22)8-14(12)23/h1-4,7-8,16H,5-6,9H2,(H,24,28)(H,25,27). The van der Waals surface area contributed by atoms with Crippen molar-refractivity contribution < 1.29 is 23.2 Å². The van der Waals surface area contributed by atoms with Crippen molar-refractivity contribution in [2.24, 2.45) is 0 Å². The van der Waals surface area contributed by atoms with Gasteiger partial charge in [-0.15, -0.1) is 0 Å². The number of hydrogen-bond donors (Lipinski definition) is 2. The fourth-order valence-electron chi connectivity index (χ4n) is 2.95. The third-order valence-electron chi connectivity index (χ3n) is 4.33. The van der Waals surface area contributed by atoms with Gasteiger partial charge in [0.1, 0.15) is 17.7 Å². The number of anilines is 1. The number of carbonyl (C=O) groups is 3. The van der Waals surface area contributed by atoms with Gasteiger partial charge in [-0.2, -0.15) is 0 Å². The highest BCUT2D eigenvalue weighted by molar-refractivity contribution is 6.35. The summed E-state index contributed by atoms with van der Waals surface area (Å²) in [4.78, 5) is 38.6. The Hall–Kier alpha value is -2.71. The molecule has 3 amide bonds. The molecular formula is C19H15Cl2F2N3O3. The molecule has 6 nitrogen and oxygen atoms in total. The Morgan fingerprint density at radius 2 is 1.93 bits per heavy atom. The third-order valence-corrected chi connectivity index (χ3v) is 4.90.